The molecule has 0 radical (unpaired) electrons. The van der Waals surface area contributed by atoms with Gasteiger partial charge in [-0.25, -0.2) is 8.42 Å². The number of amides is 2. The van der Waals surface area contributed by atoms with E-state index in [1.165, 1.54) is 15.3 Å². The number of carbonyl (C=O) groups excluding carboxylic acids is 2. The molecule has 2 aliphatic heterocycles. The lowest BCUT2D eigenvalue weighted by Gasteiger charge is -2.27. The summed E-state index contributed by atoms with van der Waals surface area (Å²) in [5.41, 5.74) is 1.54. The van der Waals surface area contributed by atoms with Crippen molar-refractivity contribution in [1.29, 1.82) is 0 Å². The first kappa shape index (κ1) is 22.7. The van der Waals surface area contributed by atoms with E-state index in [1.807, 2.05) is 0 Å². The third-order valence-corrected chi connectivity index (χ3v) is 8.04. The first-order chi connectivity index (χ1) is 15.3. The Morgan fingerprint density at radius 3 is 2.59 bits per heavy atom. The Balaban J connectivity index is 1.50. The van der Waals surface area contributed by atoms with Crippen molar-refractivity contribution in [3.8, 4) is 0 Å². The van der Waals surface area contributed by atoms with E-state index < -0.39 is 15.9 Å². The third kappa shape index (κ3) is 4.52. The lowest BCUT2D eigenvalue weighted by Crippen LogP contribution is -2.40. The van der Waals surface area contributed by atoms with Gasteiger partial charge in [0.1, 0.15) is 0 Å². The summed E-state index contributed by atoms with van der Waals surface area (Å²) in [6.07, 6.45) is 0.0574. The quantitative estimate of drug-likeness (QED) is 0.714. The summed E-state index contributed by atoms with van der Waals surface area (Å²) in [5, 5.41) is 3.22. The smallest absolute Gasteiger partial charge is 0.243 e. The lowest BCUT2D eigenvalue weighted by atomic mass is 10.1. The molecule has 2 aromatic rings. The number of carbonyl (C=O) groups is 2. The number of halogens is 1. The zero-order valence-corrected chi connectivity index (χ0v) is 19.2. The molecule has 2 heterocycles. The van der Waals surface area contributed by atoms with Gasteiger partial charge in [0.05, 0.1) is 34.7 Å². The first-order valence-electron chi connectivity index (χ1n) is 10.3. The largest absolute Gasteiger partial charge is 0.379 e. The molecule has 170 valence electrons. The van der Waals surface area contributed by atoms with Crippen LogP contribution in [0.3, 0.4) is 0 Å². The van der Waals surface area contributed by atoms with Gasteiger partial charge in [0.25, 0.3) is 0 Å². The predicted molar refractivity (Wildman–Crippen MR) is 121 cm³/mol. The minimum Gasteiger partial charge on any atom is -0.379 e. The second-order valence-electron chi connectivity index (χ2n) is 7.84. The molecule has 32 heavy (non-hydrogen) atoms. The van der Waals surface area contributed by atoms with Crippen LogP contribution in [0.2, 0.25) is 5.02 Å². The van der Waals surface area contributed by atoms with Gasteiger partial charge in [-0.3, -0.25) is 9.59 Å². The highest BCUT2D eigenvalue weighted by molar-refractivity contribution is 7.89. The maximum absolute atomic E-state index is 13.1. The van der Waals surface area contributed by atoms with Gasteiger partial charge in [0.15, 0.2) is 0 Å². The van der Waals surface area contributed by atoms with Crippen LogP contribution in [-0.4, -0.2) is 57.4 Å². The average molecular weight is 478 g/mol. The number of rotatable bonds is 5. The summed E-state index contributed by atoms with van der Waals surface area (Å²) < 4.78 is 32.8. The summed E-state index contributed by atoms with van der Waals surface area (Å²) in [5.74, 6) is -1.09. The Morgan fingerprint density at radius 1 is 1.16 bits per heavy atom. The highest BCUT2D eigenvalue weighted by atomic mass is 35.5. The van der Waals surface area contributed by atoms with Crippen LogP contribution in [0.5, 0.6) is 0 Å². The van der Waals surface area contributed by atoms with Crippen molar-refractivity contribution in [2.75, 3.05) is 43.1 Å². The second kappa shape index (κ2) is 9.19. The molecule has 2 saturated heterocycles. The molecule has 0 saturated carbocycles. The molecule has 1 N–H and O–H groups in total. The van der Waals surface area contributed by atoms with E-state index in [-0.39, 0.29) is 29.7 Å². The number of hydrogen-bond donors (Lipinski definition) is 1. The van der Waals surface area contributed by atoms with Crippen molar-refractivity contribution in [1.82, 2.24) is 4.31 Å². The van der Waals surface area contributed by atoms with Gasteiger partial charge < -0.3 is 15.0 Å². The van der Waals surface area contributed by atoms with Gasteiger partial charge in [-0.15, -0.1) is 0 Å². The molecular weight excluding hydrogens is 454 g/mol. The molecule has 10 heteroatoms. The molecule has 4 rings (SSSR count). The second-order valence-corrected chi connectivity index (χ2v) is 10.2. The van der Waals surface area contributed by atoms with E-state index in [9.17, 15) is 18.0 Å². The molecule has 0 unspecified atom stereocenters. The lowest BCUT2D eigenvalue weighted by molar-refractivity contribution is -0.122. The number of nitrogens with zero attached hydrogens (tertiary/aromatic N) is 2. The SMILES string of the molecule is Cc1ccc(NC(=O)[C@H]2CC(=O)N(c3ccccc3Cl)C2)cc1S(=O)(=O)N1CCOCC1. The van der Waals surface area contributed by atoms with Gasteiger partial charge in [-0.1, -0.05) is 29.8 Å². The monoisotopic (exact) mass is 477 g/mol. The molecule has 2 aliphatic rings. The summed E-state index contributed by atoms with van der Waals surface area (Å²) in [7, 11) is -3.70. The Hall–Kier alpha value is -2.46. The number of sulfonamides is 1. The summed E-state index contributed by atoms with van der Waals surface area (Å²) in [6.45, 7) is 3.22. The zero-order chi connectivity index (χ0) is 22.9. The molecular formula is C22H24ClN3O5S. The minimum atomic E-state index is -3.70. The Morgan fingerprint density at radius 2 is 1.88 bits per heavy atom. The van der Waals surface area contributed by atoms with Gasteiger partial charge in [0.2, 0.25) is 21.8 Å². The van der Waals surface area contributed by atoms with E-state index in [4.69, 9.17) is 16.3 Å². The van der Waals surface area contributed by atoms with Gasteiger partial charge in [-0.2, -0.15) is 4.31 Å². The van der Waals surface area contributed by atoms with Crippen LogP contribution in [0.15, 0.2) is 47.4 Å². The average Bonchev–Trinajstić information content (AvgIpc) is 3.17. The highest BCUT2D eigenvalue weighted by Gasteiger charge is 2.36. The number of morpholine rings is 1. The minimum absolute atomic E-state index is 0.0574. The highest BCUT2D eigenvalue weighted by Crippen LogP contribution is 2.32. The first-order valence-corrected chi connectivity index (χ1v) is 12.1. The Kier molecular flexibility index (Phi) is 6.52. The van der Waals surface area contributed by atoms with Crippen LogP contribution in [0.1, 0.15) is 12.0 Å². The molecule has 0 bridgehead atoms. The van der Waals surface area contributed by atoms with Crippen LogP contribution in [-0.2, 0) is 24.3 Å². The fourth-order valence-corrected chi connectivity index (χ4v) is 5.81. The van der Waals surface area contributed by atoms with Crippen molar-refractivity contribution in [2.24, 2.45) is 5.92 Å². The zero-order valence-electron chi connectivity index (χ0n) is 17.6. The van der Waals surface area contributed by atoms with E-state index in [2.05, 4.69) is 5.32 Å². The fraction of sp³-hybridized carbons (Fsp3) is 0.364. The molecule has 2 aromatic carbocycles. The number of para-hydroxylation sites is 1. The summed E-state index contributed by atoms with van der Waals surface area (Å²) >= 11 is 6.20. The van der Waals surface area contributed by atoms with Crippen molar-refractivity contribution in [3.05, 3.63) is 53.1 Å². The van der Waals surface area contributed by atoms with Crippen LogP contribution < -0.4 is 10.2 Å². The maximum Gasteiger partial charge on any atom is 0.243 e. The van der Waals surface area contributed by atoms with Gasteiger partial charge in [-0.05, 0) is 36.8 Å². The number of benzene rings is 2. The normalized spacial score (nSPS) is 19.9. The van der Waals surface area contributed by atoms with Crippen molar-refractivity contribution >= 4 is 44.8 Å². The van der Waals surface area contributed by atoms with Crippen molar-refractivity contribution < 1.29 is 22.7 Å². The molecule has 2 amide bonds. The summed E-state index contributed by atoms with van der Waals surface area (Å²) in [4.78, 5) is 27.0. The number of hydrogen-bond acceptors (Lipinski definition) is 5. The number of anilines is 2. The Labute approximate surface area is 192 Å². The van der Waals surface area contributed by atoms with Crippen LogP contribution in [0.4, 0.5) is 11.4 Å². The predicted octanol–water partition coefficient (Wildman–Crippen LogP) is 2.66. The van der Waals surface area contributed by atoms with Crippen molar-refractivity contribution in [3.63, 3.8) is 0 Å². The third-order valence-electron chi connectivity index (χ3n) is 5.68. The number of aryl methyl sites for hydroxylation is 1. The molecule has 8 nitrogen and oxygen atoms in total. The molecule has 2 fully saturated rings. The molecule has 0 spiro atoms. The van der Waals surface area contributed by atoms with Crippen LogP contribution in [0.25, 0.3) is 0 Å². The van der Waals surface area contributed by atoms with Gasteiger partial charge in [0, 0.05) is 31.7 Å². The van der Waals surface area contributed by atoms with E-state index in [0.717, 1.165) is 0 Å². The van der Waals surface area contributed by atoms with Crippen molar-refractivity contribution in [2.45, 2.75) is 18.2 Å². The van der Waals surface area contributed by atoms with Gasteiger partial charge >= 0.3 is 0 Å². The summed E-state index contributed by atoms with van der Waals surface area (Å²) in [6, 6.07) is 11.8. The topological polar surface area (TPSA) is 96.0 Å². The standard InChI is InChI=1S/C22H24ClN3O5S/c1-15-6-7-17(13-20(15)32(29,30)25-8-10-31-11-9-25)24-22(28)16-12-21(27)26(14-16)19-5-3-2-4-18(19)23/h2-7,13,16H,8-12,14H2,1H3,(H,24,28)/t16-/m0/s1. The Bertz CT molecular complexity index is 1150. The van der Waals surface area contributed by atoms with E-state index >= 15 is 0 Å². The molecule has 0 aliphatic carbocycles. The molecule has 0 aromatic heterocycles. The van der Waals surface area contributed by atoms with Crippen LogP contribution >= 0.6 is 11.6 Å². The van der Waals surface area contributed by atoms with E-state index in [0.29, 0.717) is 48.3 Å². The number of nitrogens with one attached hydrogen (secondary N) is 1. The van der Waals surface area contributed by atoms with E-state index in [1.54, 1.807) is 43.3 Å². The molecule has 1 atom stereocenters. The fourth-order valence-electron chi connectivity index (χ4n) is 3.91. The number of ether oxygens (including phenoxy) is 1. The van der Waals surface area contributed by atoms with Crippen LogP contribution in [0, 0.1) is 12.8 Å². The maximum atomic E-state index is 13.1.